The second-order valence-electron chi connectivity index (χ2n) is 5.28. The maximum atomic E-state index is 12.9. The Morgan fingerprint density at radius 1 is 1.29 bits per heavy atom. The van der Waals surface area contributed by atoms with Gasteiger partial charge in [-0.1, -0.05) is 11.8 Å². The summed E-state index contributed by atoms with van der Waals surface area (Å²) in [5.41, 5.74) is 0.470. The normalized spacial score (nSPS) is 11.1. The van der Waals surface area contributed by atoms with Crippen LogP contribution in [0.25, 0.3) is 10.2 Å². The van der Waals surface area contributed by atoms with Crippen molar-refractivity contribution in [3.63, 3.8) is 0 Å². The summed E-state index contributed by atoms with van der Waals surface area (Å²) in [6.45, 7) is 0. The molecule has 2 heterocycles. The van der Waals surface area contributed by atoms with Crippen molar-refractivity contribution in [2.45, 2.75) is 18.0 Å². The van der Waals surface area contributed by atoms with E-state index in [1.807, 2.05) is 5.38 Å². The molecule has 0 unspecified atom stereocenters. The van der Waals surface area contributed by atoms with E-state index in [0.29, 0.717) is 34.7 Å². The molecule has 2 aromatic heterocycles. The monoisotopic (exact) mass is 362 g/mol. The summed E-state index contributed by atoms with van der Waals surface area (Å²) in [6, 6.07) is 7.36. The number of hydrogen-bond donors (Lipinski definition) is 0. The second-order valence-corrected chi connectivity index (χ2v) is 7.24. The third kappa shape index (κ3) is 3.57. The number of nitrogens with zero attached hydrogens (tertiary/aromatic N) is 2. The van der Waals surface area contributed by atoms with E-state index in [0.717, 1.165) is 4.83 Å². The lowest BCUT2D eigenvalue weighted by Crippen LogP contribution is -2.19. The minimum absolute atomic E-state index is 0.00819. The highest BCUT2D eigenvalue weighted by Gasteiger charge is 2.10. The first-order chi connectivity index (χ1) is 11.6. The van der Waals surface area contributed by atoms with Crippen molar-refractivity contribution in [3.05, 3.63) is 57.4 Å². The fourth-order valence-electron chi connectivity index (χ4n) is 2.29. The molecule has 0 amide bonds. The van der Waals surface area contributed by atoms with E-state index in [1.165, 1.54) is 47.4 Å². The van der Waals surface area contributed by atoms with Gasteiger partial charge in [0.05, 0.1) is 5.39 Å². The Hall–Kier alpha value is -1.99. The lowest BCUT2D eigenvalue weighted by molar-refractivity contribution is 0.0982. The van der Waals surface area contributed by atoms with Crippen molar-refractivity contribution in [1.29, 1.82) is 0 Å². The number of aromatic nitrogens is 2. The predicted octanol–water partition coefficient (Wildman–Crippen LogP) is 3.89. The summed E-state index contributed by atoms with van der Waals surface area (Å²) < 4.78 is 14.4. The number of Topliss-reactive ketones (excluding diaryl/α,β-unsaturated/α-hetero) is 1. The molecule has 3 rings (SSSR count). The van der Waals surface area contributed by atoms with E-state index in [4.69, 9.17) is 0 Å². The van der Waals surface area contributed by atoms with E-state index in [9.17, 15) is 14.0 Å². The molecule has 0 N–H and O–H groups in total. The van der Waals surface area contributed by atoms with Gasteiger partial charge in [0, 0.05) is 24.8 Å². The molecule has 0 saturated heterocycles. The molecule has 0 saturated carbocycles. The number of thiophene rings is 1. The lowest BCUT2D eigenvalue weighted by atomic mass is 10.1. The van der Waals surface area contributed by atoms with Crippen LogP contribution in [0, 0.1) is 5.82 Å². The molecule has 0 aliphatic rings. The van der Waals surface area contributed by atoms with Gasteiger partial charge in [0.2, 0.25) is 0 Å². The van der Waals surface area contributed by atoms with Gasteiger partial charge in [-0.2, -0.15) is 0 Å². The predicted molar refractivity (Wildman–Crippen MR) is 95.5 cm³/mol. The van der Waals surface area contributed by atoms with Gasteiger partial charge in [-0.3, -0.25) is 14.2 Å². The van der Waals surface area contributed by atoms with Crippen molar-refractivity contribution in [2.24, 2.45) is 7.05 Å². The van der Waals surface area contributed by atoms with Crippen LogP contribution in [0.15, 0.2) is 45.7 Å². The number of ketones is 1. The number of halogens is 1. The van der Waals surface area contributed by atoms with Crippen LogP contribution in [-0.2, 0) is 7.05 Å². The van der Waals surface area contributed by atoms with Gasteiger partial charge in [-0.05, 0) is 42.1 Å². The Kier molecular flexibility index (Phi) is 5.11. The van der Waals surface area contributed by atoms with Gasteiger partial charge >= 0.3 is 0 Å². The molecule has 0 fully saturated rings. The van der Waals surface area contributed by atoms with Gasteiger partial charge in [-0.15, -0.1) is 11.3 Å². The smallest absolute Gasteiger partial charge is 0.262 e. The molecule has 0 aliphatic heterocycles. The number of hydrogen-bond acceptors (Lipinski definition) is 5. The van der Waals surface area contributed by atoms with Crippen molar-refractivity contribution >= 4 is 39.1 Å². The van der Waals surface area contributed by atoms with Crippen LogP contribution in [-0.4, -0.2) is 21.1 Å². The van der Waals surface area contributed by atoms with E-state index in [1.54, 1.807) is 17.7 Å². The molecule has 3 aromatic rings. The summed E-state index contributed by atoms with van der Waals surface area (Å²) in [4.78, 5) is 29.5. The van der Waals surface area contributed by atoms with E-state index < -0.39 is 0 Å². The Morgan fingerprint density at radius 2 is 2.04 bits per heavy atom. The van der Waals surface area contributed by atoms with Gasteiger partial charge < -0.3 is 0 Å². The first-order valence-electron chi connectivity index (χ1n) is 7.42. The Balaban J connectivity index is 1.59. The van der Waals surface area contributed by atoms with E-state index in [-0.39, 0.29) is 17.2 Å². The molecular formula is C17H15FN2O2S2. The summed E-state index contributed by atoms with van der Waals surface area (Å²) in [5.74, 6) is 0.327. The van der Waals surface area contributed by atoms with Crippen LogP contribution >= 0.6 is 23.1 Å². The quantitative estimate of drug-likeness (QED) is 0.289. The molecule has 24 heavy (non-hydrogen) atoms. The molecule has 0 aliphatic carbocycles. The standard InChI is InChI=1S/C17H15FN2O2S2/c1-20-16(22)13-8-10-23-15(13)19-17(20)24-9-2-3-14(21)11-4-6-12(18)7-5-11/h4-8,10H,2-3,9H2,1H3. The highest BCUT2D eigenvalue weighted by Crippen LogP contribution is 2.21. The Bertz CT molecular complexity index is 932. The third-order valence-electron chi connectivity index (χ3n) is 3.61. The van der Waals surface area contributed by atoms with Crippen LogP contribution in [0.4, 0.5) is 4.39 Å². The zero-order valence-electron chi connectivity index (χ0n) is 13.0. The number of fused-ring (bicyclic) bond motifs is 1. The lowest BCUT2D eigenvalue weighted by Gasteiger charge is -2.06. The molecular weight excluding hydrogens is 347 g/mol. The van der Waals surface area contributed by atoms with Gasteiger partial charge in [0.25, 0.3) is 5.56 Å². The zero-order chi connectivity index (χ0) is 17.1. The molecule has 4 nitrogen and oxygen atoms in total. The van der Waals surface area contributed by atoms with Crippen molar-refractivity contribution < 1.29 is 9.18 Å². The average Bonchev–Trinajstić information content (AvgIpc) is 3.05. The summed E-state index contributed by atoms with van der Waals surface area (Å²) in [5, 5.41) is 3.15. The minimum atomic E-state index is -0.349. The molecule has 0 bridgehead atoms. The highest BCUT2D eigenvalue weighted by atomic mass is 32.2. The van der Waals surface area contributed by atoms with Crippen molar-refractivity contribution in [3.8, 4) is 0 Å². The van der Waals surface area contributed by atoms with Gasteiger partial charge in [0.15, 0.2) is 10.9 Å². The summed E-state index contributed by atoms with van der Waals surface area (Å²) >= 11 is 2.91. The van der Waals surface area contributed by atoms with Gasteiger partial charge in [-0.25, -0.2) is 9.37 Å². The number of carbonyl (C=O) groups excluding carboxylic acids is 1. The molecule has 124 valence electrons. The fourth-order valence-corrected chi connectivity index (χ4v) is 4.00. The Morgan fingerprint density at radius 3 is 2.79 bits per heavy atom. The summed E-state index contributed by atoms with van der Waals surface area (Å²) in [6.07, 6.45) is 1.05. The van der Waals surface area contributed by atoms with E-state index in [2.05, 4.69) is 4.98 Å². The largest absolute Gasteiger partial charge is 0.294 e. The first-order valence-corrected chi connectivity index (χ1v) is 9.28. The van der Waals surface area contributed by atoms with Crippen molar-refractivity contribution in [2.75, 3.05) is 5.75 Å². The fraction of sp³-hybridized carbons (Fsp3) is 0.235. The molecule has 0 spiro atoms. The highest BCUT2D eigenvalue weighted by molar-refractivity contribution is 7.99. The number of thioether (sulfide) groups is 1. The topological polar surface area (TPSA) is 52.0 Å². The second kappa shape index (κ2) is 7.27. The minimum Gasteiger partial charge on any atom is -0.294 e. The number of rotatable bonds is 6. The van der Waals surface area contributed by atoms with Crippen LogP contribution in [0.1, 0.15) is 23.2 Å². The third-order valence-corrected chi connectivity index (χ3v) is 5.53. The first kappa shape index (κ1) is 16.9. The zero-order valence-corrected chi connectivity index (χ0v) is 14.6. The summed E-state index contributed by atoms with van der Waals surface area (Å²) in [7, 11) is 1.71. The Labute approximate surface area is 146 Å². The van der Waals surface area contributed by atoms with Crippen LogP contribution in [0.2, 0.25) is 0 Å². The molecule has 0 atom stereocenters. The maximum absolute atomic E-state index is 12.9. The number of benzene rings is 1. The molecule has 1 aromatic carbocycles. The number of carbonyl (C=O) groups is 1. The SMILES string of the molecule is Cn1c(SCCCC(=O)c2ccc(F)cc2)nc2sccc2c1=O. The maximum Gasteiger partial charge on any atom is 0.262 e. The average molecular weight is 362 g/mol. The van der Waals surface area contributed by atoms with Crippen molar-refractivity contribution in [1.82, 2.24) is 9.55 Å². The van der Waals surface area contributed by atoms with E-state index >= 15 is 0 Å². The van der Waals surface area contributed by atoms with Crippen LogP contribution in [0.3, 0.4) is 0 Å². The van der Waals surface area contributed by atoms with Crippen LogP contribution in [0.5, 0.6) is 0 Å². The van der Waals surface area contributed by atoms with Crippen LogP contribution < -0.4 is 5.56 Å². The molecule has 7 heteroatoms. The molecule has 0 radical (unpaired) electrons. The van der Waals surface area contributed by atoms with Gasteiger partial charge in [0.1, 0.15) is 10.6 Å².